The van der Waals surface area contributed by atoms with Crippen LogP contribution in [-0.4, -0.2) is 77.1 Å². The number of hydrogen-bond donors (Lipinski definition) is 5. The van der Waals surface area contributed by atoms with Gasteiger partial charge in [-0.1, -0.05) is 0 Å². The number of benzene rings is 1. The molecule has 0 saturated carbocycles. The van der Waals surface area contributed by atoms with E-state index in [0.29, 0.717) is 37.7 Å². The summed E-state index contributed by atoms with van der Waals surface area (Å²) >= 11 is 0. The second-order valence-electron chi connectivity index (χ2n) is 6.35. The van der Waals surface area contributed by atoms with Crippen LogP contribution in [0.4, 0.5) is 20.6 Å². The molecule has 2 amide bonds. The lowest BCUT2D eigenvalue weighted by molar-refractivity contribution is -0.119. The highest BCUT2D eigenvalue weighted by molar-refractivity contribution is 7.31. The summed E-state index contributed by atoms with van der Waals surface area (Å²) in [6, 6.07) is 4.72. The van der Waals surface area contributed by atoms with Gasteiger partial charge in [0.1, 0.15) is 11.9 Å². The Hall–Kier alpha value is -2.05. The summed E-state index contributed by atoms with van der Waals surface area (Å²) in [4.78, 5) is 54.8. The Bertz CT molecular complexity index is 805. The predicted octanol–water partition coefficient (Wildman–Crippen LogP) is -0.155. The third-order valence-electron chi connectivity index (χ3n) is 4.05. The van der Waals surface area contributed by atoms with Crippen molar-refractivity contribution in [2.24, 2.45) is 0 Å². The van der Waals surface area contributed by atoms with Crippen LogP contribution in [0.1, 0.15) is 6.92 Å². The molecule has 0 bridgehead atoms. The number of nitrogens with zero attached hydrogens (tertiary/aromatic N) is 2. The minimum Gasteiger partial charge on any atom is -0.442 e. The molecule has 3 rings (SSSR count). The smallest absolute Gasteiger partial charge is 0.414 e. The molecule has 1 atom stereocenters. The number of carbonyl (C=O) groups is 2. The summed E-state index contributed by atoms with van der Waals surface area (Å²) < 4.78 is 42.4. The molecule has 16 heteroatoms. The molecule has 0 unspecified atom stereocenters. The highest BCUT2D eigenvalue weighted by atomic mass is 31.1. The maximum absolute atomic E-state index is 14.4. The second kappa shape index (κ2) is 14.2. The van der Waals surface area contributed by atoms with Crippen LogP contribution in [0.25, 0.3) is 0 Å². The van der Waals surface area contributed by atoms with Crippen molar-refractivity contribution in [2.75, 3.05) is 49.2 Å². The van der Waals surface area contributed by atoms with Gasteiger partial charge < -0.3 is 39.3 Å². The van der Waals surface area contributed by atoms with Crippen LogP contribution in [0.15, 0.2) is 18.2 Å². The van der Waals surface area contributed by atoms with Crippen molar-refractivity contribution in [3.8, 4) is 0 Å². The molecule has 13 nitrogen and oxygen atoms in total. The van der Waals surface area contributed by atoms with Crippen molar-refractivity contribution >= 4 is 39.9 Å². The van der Waals surface area contributed by atoms with E-state index < -0.39 is 28.7 Å². The molecule has 0 radical (unpaired) electrons. The molecule has 2 aliphatic rings. The molecule has 0 aromatic heterocycles. The molecular formula is C16H26FN3O10P2. The molecule has 0 spiro atoms. The van der Waals surface area contributed by atoms with Gasteiger partial charge >= 0.3 is 22.6 Å². The molecule has 5 N–H and O–H groups in total. The van der Waals surface area contributed by atoms with Crippen molar-refractivity contribution in [1.82, 2.24) is 5.32 Å². The van der Waals surface area contributed by atoms with Gasteiger partial charge in [-0.25, -0.2) is 9.18 Å². The molecule has 0 aliphatic carbocycles. The first-order chi connectivity index (χ1) is 15.0. The van der Waals surface area contributed by atoms with E-state index in [-0.39, 0.29) is 24.8 Å². The van der Waals surface area contributed by atoms with Gasteiger partial charge in [0.25, 0.3) is 0 Å². The number of hydrogen-bond acceptors (Lipinski definition) is 7. The normalized spacial score (nSPS) is 17.9. The second-order valence-corrected chi connectivity index (χ2v) is 7.48. The third-order valence-corrected chi connectivity index (χ3v) is 4.05. The van der Waals surface area contributed by atoms with Crippen LogP contribution in [0, 0.1) is 5.82 Å². The van der Waals surface area contributed by atoms with E-state index in [0.717, 1.165) is 0 Å². The van der Waals surface area contributed by atoms with E-state index in [4.69, 9.17) is 38.2 Å². The molecule has 182 valence electrons. The van der Waals surface area contributed by atoms with Gasteiger partial charge in [-0.3, -0.25) is 18.8 Å². The lowest BCUT2D eigenvalue weighted by Gasteiger charge is -2.29. The molecule has 1 aromatic carbocycles. The van der Waals surface area contributed by atoms with Gasteiger partial charge in [0.15, 0.2) is 0 Å². The lowest BCUT2D eigenvalue weighted by atomic mass is 10.2. The number of rotatable bonds is 4. The summed E-state index contributed by atoms with van der Waals surface area (Å²) in [7, 11) is -6.26. The number of ether oxygens (including phenoxy) is 2. The Labute approximate surface area is 184 Å². The van der Waals surface area contributed by atoms with Crippen LogP contribution < -0.4 is 15.1 Å². The molecule has 2 aliphatic heterocycles. The van der Waals surface area contributed by atoms with Crippen molar-refractivity contribution in [1.29, 1.82) is 0 Å². The summed E-state index contributed by atoms with van der Waals surface area (Å²) in [6.07, 6.45) is -0.979. The van der Waals surface area contributed by atoms with Crippen LogP contribution in [0.5, 0.6) is 0 Å². The number of morpholine rings is 1. The number of anilines is 2. The molecule has 1 aromatic rings. The Balaban J connectivity index is 0.000000554. The minimum atomic E-state index is -3.13. The Morgan fingerprint density at radius 2 is 1.75 bits per heavy atom. The molecule has 32 heavy (non-hydrogen) atoms. The van der Waals surface area contributed by atoms with Crippen molar-refractivity contribution in [2.45, 2.75) is 13.0 Å². The van der Waals surface area contributed by atoms with Crippen LogP contribution in [-0.2, 0) is 23.4 Å². The van der Waals surface area contributed by atoms with Gasteiger partial charge in [0.05, 0.1) is 37.7 Å². The predicted molar refractivity (Wildman–Crippen MR) is 113 cm³/mol. The number of carbonyl (C=O) groups excluding carboxylic acids is 2. The fraction of sp³-hybridized carbons (Fsp3) is 0.500. The van der Waals surface area contributed by atoms with E-state index in [1.807, 2.05) is 4.90 Å². The van der Waals surface area contributed by atoms with Crippen molar-refractivity contribution in [3.63, 3.8) is 0 Å². The lowest BCUT2D eigenvalue weighted by Crippen LogP contribution is -2.36. The number of amides is 2. The standard InChI is InChI=1S/C16H20FN3O4.2H3O3P/c1-11(21)18-9-13-10-20(16(22)24-13)12-2-3-15(14(17)8-12)19-4-6-23-7-5-19;2*1-4(2)3/h2-3,8,13H,4-7,9-10H2,1H3,(H,18,21);2*4H,(H2,1,2,3)/t13-;;/m0../s1. The van der Waals surface area contributed by atoms with Gasteiger partial charge in [-0.15, -0.1) is 0 Å². The van der Waals surface area contributed by atoms with Gasteiger partial charge in [-0.05, 0) is 18.2 Å². The van der Waals surface area contributed by atoms with Gasteiger partial charge in [0, 0.05) is 20.0 Å². The zero-order valence-electron chi connectivity index (χ0n) is 17.1. The Morgan fingerprint density at radius 3 is 2.25 bits per heavy atom. The zero-order valence-corrected chi connectivity index (χ0v) is 19.1. The Morgan fingerprint density at radius 1 is 1.19 bits per heavy atom. The van der Waals surface area contributed by atoms with Crippen LogP contribution in [0.2, 0.25) is 0 Å². The first-order valence-corrected chi connectivity index (χ1v) is 11.8. The topological polar surface area (TPSA) is 186 Å². The highest BCUT2D eigenvalue weighted by Gasteiger charge is 2.33. The number of nitrogens with one attached hydrogen (secondary N) is 1. The summed E-state index contributed by atoms with van der Waals surface area (Å²) in [6.45, 7) is 4.34. The largest absolute Gasteiger partial charge is 0.442 e. The number of halogens is 1. The van der Waals surface area contributed by atoms with E-state index in [9.17, 15) is 14.0 Å². The van der Waals surface area contributed by atoms with E-state index >= 15 is 0 Å². The summed E-state index contributed by atoms with van der Waals surface area (Å²) in [5, 5.41) is 2.61. The Kier molecular flexibility index (Phi) is 12.4. The molecule has 2 fully saturated rings. The highest BCUT2D eigenvalue weighted by Crippen LogP contribution is 2.28. The average Bonchev–Trinajstić information content (AvgIpc) is 3.07. The quantitative estimate of drug-likeness (QED) is 0.345. The zero-order chi connectivity index (χ0) is 24.3. The van der Waals surface area contributed by atoms with E-state index in [2.05, 4.69) is 5.32 Å². The maximum Gasteiger partial charge on any atom is 0.414 e. The first kappa shape index (κ1) is 28.0. The van der Waals surface area contributed by atoms with Crippen molar-refractivity contribution in [3.05, 3.63) is 24.0 Å². The minimum absolute atomic E-state index is 0.189. The van der Waals surface area contributed by atoms with Crippen molar-refractivity contribution < 1.29 is 52.2 Å². The van der Waals surface area contributed by atoms with E-state index in [1.165, 1.54) is 17.9 Å². The monoisotopic (exact) mass is 501 g/mol. The maximum atomic E-state index is 14.4. The number of cyclic esters (lactones) is 1. The van der Waals surface area contributed by atoms with Gasteiger partial charge in [0.2, 0.25) is 5.91 Å². The molecule has 2 heterocycles. The fourth-order valence-corrected chi connectivity index (χ4v) is 2.82. The van der Waals surface area contributed by atoms with Gasteiger partial charge in [-0.2, -0.15) is 0 Å². The molecular weight excluding hydrogens is 475 g/mol. The van der Waals surface area contributed by atoms with E-state index in [1.54, 1.807) is 12.1 Å². The van der Waals surface area contributed by atoms with Crippen LogP contribution >= 0.6 is 16.5 Å². The SMILES string of the molecule is CC(=O)NC[C@H]1CN(c2ccc(N3CCOCC3)c(F)c2)C(=O)O1.O=[PH](O)O.O=[PH](O)O. The van der Waals surface area contributed by atoms with Crippen LogP contribution in [0.3, 0.4) is 0 Å². The fourth-order valence-electron chi connectivity index (χ4n) is 2.82. The third kappa shape index (κ3) is 10.5. The molecule has 2 saturated heterocycles. The average molecular weight is 501 g/mol. The summed E-state index contributed by atoms with van der Waals surface area (Å²) in [5.74, 6) is -0.571. The summed E-state index contributed by atoms with van der Waals surface area (Å²) in [5.41, 5.74) is 0.948. The first-order valence-electron chi connectivity index (χ1n) is 9.19.